The minimum absolute atomic E-state index is 0.0214. The van der Waals surface area contributed by atoms with E-state index in [1.54, 1.807) is 4.90 Å². The second kappa shape index (κ2) is 6.62. The molecule has 1 amide bonds. The molecular formula is C16H19F3N2O2. The Morgan fingerprint density at radius 3 is 2.61 bits per heavy atom. The third-order valence-electron chi connectivity index (χ3n) is 3.65. The van der Waals surface area contributed by atoms with Crippen LogP contribution in [0.15, 0.2) is 28.7 Å². The van der Waals surface area contributed by atoms with Gasteiger partial charge in [0.2, 0.25) is 0 Å². The molecule has 0 fully saturated rings. The first-order valence-electron chi connectivity index (χ1n) is 7.39. The van der Waals surface area contributed by atoms with Gasteiger partial charge < -0.3 is 15.1 Å². The summed E-state index contributed by atoms with van der Waals surface area (Å²) in [5.74, 6) is -0.345. The van der Waals surface area contributed by atoms with Crippen LogP contribution in [0.3, 0.4) is 0 Å². The summed E-state index contributed by atoms with van der Waals surface area (Å²) in [5, 5.41) is 0.250. The number of amides is 1. The standard InChI is InChI=1S/C16H19F3N2O2/c1-3-6-21(10(2)9-20)15(22)14-8-11-7-12(16(17,18)19)4-5-13(11)23-14/h4-5,7-8,10H,3,6,9,20H2,1-2H3. The molecule has 0 saturated heterocycles. The van der Waals surface area contributed by atoms with E-state index < -0.39 is 11.7 Å². The molecule has 23 heavy (non-hydrogen) atoms. The molecule has 1 atom stereocenters. The lowest BCUT2D eigenvalue weighted by atomic mass is 10.1. The van der Waals surface area contributed by atoms with E-state index in [9.17, 15) is 18.0 Å². The quantitative estimate of drug-likeness (QED) is 0.911. The van der Waals surface area contributed by atoms with Gasteiger partial charge in [-0.2, -0.15) is 13.2 Å². The molecule has 0 radical (unpaired) electrons. The van der Waals surface area contributed by atoms with Crippen LogP contribution in [0.2, 0.25) is 0 Å². The van der Waals surface area contributed by atoms with E-state index in [-0.39, 0.29) is 28.7 Å². The number of benzene rings is 1. The van der Waals surface area contributed by atoms with Gasteiger partial charge in [-0.3, -0.25) is 4.79 Å². The predicted octanol–water partition coefficient (Wildman–Crippen LogP) is 3.65. The molecule has 1 aromatic heterocycles. The van der Waals surface area contributed by atoms with Crippen molar-refractivity contribution in [3.05, 3.63) is 35.6 Å². The highest BCUT2D eigenvalue weighted by molar-refractivity contribution is 5.96. The van der Waals surface area contributed by atoms with Gasteiger partial charge in [-0.1, -0.05) is 6.92 Å². The number of hydrogen-bond acceptors (Lipinski definition) is 3. The summed E-state index contributed by atoms with van der Waals surface area (Å²) in [5.41, 5.74) is 5.09. The average molecular weight is 328 g/mol. The van der Waals surface area contributed by atoms with Crippen LogP contribution in [0.5, 0.6) is 0 Å². The van der Waals surface area contributed by atoms with Crippen molar-refractivity contribution in [3.63, 3.8) is 0 Å². The van der Waals surface area contributed by atoms with E-state index in [0.29, 0.717) is 13.1 Å². The van der Waals surface area contributed by atoms with Crippen molar-refractivity contribution in [2.24, 2.45) is 5.73 Å². The number of alkyl halides is 3. The van der Waals surface area contributed by atoms with Crippen LogP contribution in [0.4, 0.5) is 13.2 Å². The zero-order valence-corrected chi connectivity index (χ0v) is 13.0. The van der Waals surface area contributed by atoms with E-state index in [4.69, 9.17) is 10.2 Å². The number of nitrogens with zero attached hydrogens (tertiary/aromatic N) is 1. The largest absolute Gasteiger partial charge is 0.451 e. The molecule has 0 aliphatic heterocycles. The van der Waals surface area contributed by atoms with Gasteiger partial charge in [-0.15, -0.1) is 0 Å². The Labute approximate surface area is 132 Å². The second-order valence-corrected chi connectivity index (χ2v) is 5.44. The zero-order valence-electron chi connectivity index (χ0n) is 13.0. The zero-order chi connectivity index (χ0) is 17.2. The molecule has 0 saturated carbocycles. The van der Waals surface area contributed by atoms with Gasteiger partial charge in [0.25, 0.3) is 5.91 Å². The van der Waals surface area contributed by atoms with Crippen molar-refractivity contribution in [2.75, 3.05) is 13.1 Å². The van der Waals surface area contributed by atoms with Crippen molar-refractivity contribution in [2.45, 2.75) is 32.5 Å². The highest BCUT2D eigenvalue weighted by Gasteiger charge is 2.31. The Hall–Kier alpha value is -2.02. The van der Waals surface area contributed by atoms with Crippen molar-refractivity contribution in [3.8, 4) is 0 Å². The molecule has 4 nitrogen and oxygen atoms in total. The molecule has 0 aliphatic carbocycles. The van der Waals surface area contributed by atoms with Crippen molar-refractivity contribution in [1.29, 1.82) is 0 Å². The van der Waals surface area contributed by atoms with Gasteiger partial charge in [0.15, 0.2) is 5.76 Å². The smallest absolute Gasteiger partial charge is 0.416 e. The summed E-state index contributed by atoms with van der Waals surface area (Å²) in [6.45, 7) is 4.54. The highest BCUT2D eigenvalue weighted by Crippen LogP contribution is 2.32. The van der Waals surface area contributed by atoms with E-state index in [1.807, 2.05) is 13.8 Å². The number of halogens is 3. The maximum absolute atomic E-state index is 12.7. The van der Waals surface area contributed by atoms with Crippen LogP contribution in [0.1, 0.15) is 36.4 Å². The van der Waals surface area contributed by atoms with Gasteiger partial charge in [-0.25, -0.2) is 0 Å². The Morgan fingerprint density at radius 2 is 2.04 bits per heavy atom. The van der Waals surface area contributed by atoms with Gasteiger partial charge >= 0.3 is 6.18 Å². The number of hydrogen-bond donors (Lipinski definition) is 1. The minimum atomic E-state index is -4.43. The summed E-state index contributed by atoms with van der Waals surface area (Å²) in [6, 6.07) is 4.31. The first-order valence-corrected chi connectivity index (χ1v) is 7.39. The van der Waals surface area contributed by atoms with E-state index in [1.165, 1.54) is 12.1 Å². The lowest BCUT2D eigenvalue weighted by Gasteiger charge is -2.27. The molecule has 7 heteroatoms. The Kier molecular flexibility index (Phi) is 4.99. The van der Waals surface area contributed by atoms with Crippen molar-refractivity contribution in [1.82, 2.24) is 4.90 Å². The maximum atomic E-state index is 12.7. The fraction of sp³-hybridized carbons (Fsp3) is 0.438. The summed E-state index contributed by atoms with van der Waals surface area (Å²) in [4.78, 5) is 14.1. The maximum Gasteiger partial charge on any atom is 0.416 e. The number of fused-ring (bicyclic) bond motifs is 1. The molecule has 126 valence electrons. The summed E-state index contributed by atoms with van der Waals surface area (Å²) in [7, 11) is 0. The molecule has 0 spiro atoms. The topological polar surface area (TPSA) is 59.5 Å². The fourth-order valence-corrected chi connectivity index (χ4v) is 2.36. The number of furan rings is 1. The number of rotatable bonds is 5. The molecule has 1 heterocycles. The molecule has 0 aliphatic rings. The van der Waals surface area contributed by atoms with E-state index >= 15 is 0 Å². The molecule has 2 aromatic rings. The number of carbonyl (C=O) groups excluding carboxylic acids is 1. The summed E-state index contributed by atoms with van der Waals surface area (Å²) in [6.07, 6.45) is -3.69. The monoisotopic (exact) mass is 328 g/mol. The number of nitrogens with two attached hydrogens (primary N) is 1. The van der Waals surface area contributed by atoms with Crippen LogP contribution >= 0.6 is 0 Å². The predicted molar refractivity (Wildman–Crippen MR) is 81.1 cm³/mol. The van der Waals surface area contributed by atoms with E-state index in [2.05, 4.69) is 0 Å². The van der Waals surface area contributed by atoms with Crippen LogP contribution in [0.25, 0.3) is 11.0 Å². The first-order chi connectivity index (χ1) is 10.8. The second-order valence-electron chi connectivity index (χ2n) is 5.44. The molecule has 0 bridgehead atoms. The van der Waals surface area contributed by atoms with Gasteiger partial charge in [0.05, 0.1) is 5.56 Å². The summed E-state index contributed by atoms with van der Waals surface area (Å²) >= 11 is 0. The Balaban J connectivity index is 2.37. The lowest BCUT2D eigenvalue weighted by molar-refractivity contribution is -0.137. The van der Waals surface area contributed by atoms with E-state index in [0.717, 1.165) is 18.6 Å². The molecule has 1 aromatic carbocycles. The lowest BCUT2D eigenvalue weighted by Crippen LogP contribution is -2.43. The van der Waals surface area contributed by atoms with Crippen LogP contribution in [-0.2, 0) is 6.18 Å². The molecule has 2 N–H and O–H groups in total. The molecule has 2 rings (SSSR count). The Morgan fingerprint density at radius 1 is 1.35 bits per heavy atom. The van der Waals surface area contributed by atoms with Gasteiger partial charge in [0, 0.05) is 24.5 Å². The normalized spacial score (nSPS) is 13.3. The van der Waals surface area contributed by atoms with Crippen LogP contribution in [-0.4, -0.2) is 29.9 Å². The third kappa shape index (κ3) is 3.67. The Bertz CT molecular complexity index is 694. The average Bonchev–Trinajstić information content (AvgIpc) is 2.93. The first kappa shape index (κ1) is 17.3. The van der Waals surface area contributed by atoms with Crippen molar-refractivity contribution >= 4 is 16.9 Å². The van der Waals surface area contributed by atoms with Crippen molar-refractivity contribution < 1.29 is 22.4 Å². The molecular weight excluding hydrogens is 309 g/mol. The molecule has 1 unspecified atom stereocenters. The fourth-order valence-electron chi connectivity index (χ4n) is 2.36. The highest BCUT2D eigenvalue weighted by atomic mass is 19.4. The minimum Gasteiger partial charge on any atom is -0.451 e. The number of carbonyl (C=O) groups is 1. The summed E-state index contributed by atoms with van der Waals surface area (Å²) < 4.78 is 43.6. The van der Waals surface area contributed by atoms with Crippen LogP contribution in [0, 0.1) is 0 Å². The van der Waals surface area contributed by atoms with Gasteiger partial charge in [0.1, 0.15) is 5.58 Å². The third-order valence-corrected chi connectivity index (χ3v) is 3.65. The SMILES string of the molecule is CCCN(C(=O)c1cc2cc(C(F)(F)F)ccc2o1)C(C)CN. The van der Waals surface area contributed by atoms with Crippen LogP contribution < -0.4 is 5.73 Å². The van der Waals surface area contributed by atoms with Gasteiger partial charge in [-0.05, 0) is 37.6 Å².